The zero-order chi connectivity index (χ0) is 20.2. The molecule has 0 heterocycles. The molecule has 0 fully saturated rings. The molecule has 0 saturated heterocycles. The number of methoxy groups -OCH3 is 1. The predicted octanol–water partition coefficient (Wildman–Crippen LogP) is 4.80. The second kappa shape index (κ2) is 8.72. The van der Waals surface area contributed by atoms with E-state index in [9.17, 15) is 8.42 Å². The Labute approximate surface area is 163 Å². The summed E-state index contributed by atoms with van der Waals surface area (Å²) < 4.78 is 33.7. The molecule has 0 saturated carbocycles. The number of benzene rings is 2. The molecule has 2 aromatic carbocycles. The van der Waals surface area contributed by atoms with E-state index < -0.39 is 10.0 Å². The van der Waals surface area contributed by atoms with E-state index in [1.165, 1.54) is 0 Å². The zero-order valence-electron chi connectivity index (χ0n) is 16.8. The summed E-state index contributed by atoms with van der Waals surface area (Å²) >= 11 is 0. The molecule has 0 bridgehead atoms. The fourth-order valence-electron chi connectivity index (χ4n) is 3.24. The number of ether oxygens (including phenoxy) is 1. The number of rotatable bonds is 8. The molecule has 0 aliphatic rings. The van der Waals surface area contributed by atoms with Crippen LogP contribution >= 0.6 is 0 Å². The third-order valence-electron chi connectivity index (χ3n) is 4.57. The van der Waals surface area contributed by atoms with Gasteiger partial charge in [-0.25, -0.2) is 8.42 Å². The van der Waals surface area contributed by atoms with Crippen LogP contribution in [0, 0.1) is 12.8 Å². The van der Waals surface area contributed by atoms with Crippen LogP contribution in [-0.2, 0) is 16.6 Å². The Kier molecular flexibility index (Phi) is 6.84. The van der Waals surface area contributed by atoms with Crippen molar-refractivity contribution >= 4 is 10.0 Å². The van der Waals surface area contributed by atoms with Gasteiger partial charge in [-0.05, 0) is 49.6 Å². The van der Waals surface area contributed by atoms with Gasteiger partial charge in [-0.2, -0.15) is 4.31 Å². The van der Waals surface area contributed by atoms with E-state index in [1.54, 1.807) is 23.5 Å². The normalized spacial score (nSPS) is 13.0. The van der Waals surface area contributed by atoms with E-state index in [1.807, 2.05) is 64.1 Å². The van der Waals surface area contributed by atoms with Crippen molar-refractivity contribution in [3.63, 3.8) is 0 Å². The molecule has 0 N–H and O–H groups in total. The van der Waals surface area contributed by atoms with Gasteiger partial charge in [0.05, 0.1) is 12.0 Å². The highest BCUT2D eigenvalue weighted by molar-refractivity contribution is 7.89. The van der Waals surface area contributed by atoms with Crippen molar-refractivity contribution < 1.29 is 13.2 Å². The van der Waals surface area contributed by atoms with Crippen LogP contribution in [0.4, 0.5) is 0 Å². The zero-order valence-corrected chi connectivity index (χ0v) is 17.6. The summed E-state index contributed by atoms with van der Waals surface area (Å²) in [6.45, 7) is 12.2. The second-order valence-electron chi connectivity index (χ2n) is 7.25. The van der Waals surface area contributed by atoms with Crippen LogP contribution in [0.2, 0.25) is 0 Å². The highest BCUT2D eigenvalue weighted by atomic mass is 32.2. The summed E-state index contributed by atoms with van der Waals surface area (Å²) in [6, 6.07) is 14.2. The topological polar surface area (TPSA) is 46.6 Å². The SMILES string of the molecule is C=C(C)[C@H](C(C)C)N(Cc1ccc(OC)cc1)S(=O)(=O)c1ccc(C)cc1. The van der Waals surface area contributed by atoms with Crippen LogP contribution in [0.5, 0.6) is 5.75 Å². The summed E-state index contributed by atoms with van der Waals surface area (Å²) in [7, 11) is -2.07. The highest BCUT2D eigenvalue weighted by Crippen LogP contribution is 2.28. The lowest BCUT2D eigenvalue weighted by atomic mass is 9.98. The van der Waals surface area contributed by atoms with Crippen LogP contribution in [0.3, 0.4) is 0 Å². The first-order valence-electron chi connectivity index (χ1n) is 9.03. The first-order chi connectivity index (χ1) is 12.7. The van der Waals surface area contributed by atoms with Crippen molar-refractivity contribution in [3.05, 3.63) is 71.8 Å². The Hall–Kier alpha value is -2.11. The lowest BCUT2D eigenvalue weighted by Gasteiger charge is -2.34. The van der Waals surface area contributed by atoms with Gasteiger partial charge < -0.3 is 4.74 Å². The largest absolute Gasteiger partial charge is 0.497 e. The molecule has 0 aliphatic carbocycles. The Balaban J connectivity index is 2.50. The quantitative estimate of drug-likeness (QED) is 0.612. The number of sulfonamides is 1. The van der Waals surface area contributed by atoms with Crippen molar-refractivity contribution in [3.8, 4) is 5.75 Å². The highest BCUT2D eigenvalue weighted by Gasteiger charge is 2.33. The third-order valence-corrected chi connectivity index (χ3v) is 6.41. The number of nitrogens with zero attached hydrogens (tertiary/aromatic N) is 1. The number of hydrogen-bond acceptors (Lipinski definition) is 3. The van der Waals surface area contributed by atoms with Crippen LogP contribution in [0.25, 0.3) is 0 Å². The summed E-state index contributed by atoms with van der Waals surface area (Å²) in [5.74, 6) is 0.841. The summed E-state index contributed by atoms with van der Waals surface area (Å²) in [5.41, 5.74) is 2.75. The van der Waals surface area contributed by atoms with E-state index >= 15 is 0 Å². The van der Waals surface area contributed by atoms with E-state index in [4.69, 9.17) is 4.74 Å². The molecular weight excluding hydrogens is 358 g/mol. The van der Waals surface area contributed by atoms with Crippen LogP contribution in [0.15, 0.2) is 65.6 Å². The summed E-state index contributed by atoms with van der Waals surface area (Å²) in [6.07, 6.45) is 0. The molecule has 0 unspecified atom stereocenters. The lowest BCUT2D eigenvalue weighted by molar-refractivity contribution is 0.285. The lowest BCUT2D eigenvalue weighted by Crippen LogP contribution is -2.43. The average Bonchev–Trinajstić information content (AvgIpc) is 2.61. The fraction of sp³-hybridized carbons (Fsp3) is 0.364. The van der Waals surface area contributed by atoms with Gasteiger partial charge in [0.15, 0.2) is 0 Å². The van der Waals surface area contributed by atoms with Crippen LogP contribution in [-0.4, -0.2) is 25.9 Å². The second-order valence-corrected chi connectivity index (χ2v) is 9.14. The van der Waals surface area contributed by atoms with Crippen molar-refractivity contribution in [2.75, 3.05) is 7.11 Å². The van der Waals surface area contributed by atoms with Gasteiger partial charge in [-0.1, -0.05) is 55.8 Å². The molecule has 0 spiro atoms. The van der Waals surface area contributed by atoms with E-state index in [0.29, 0.717) is 4.90 Å². The minimum absolute atomic E-state index is 0.0981. The maximum absolute atomic E-state index is 13.5. The van der Waals surface area contributed by atoms with E-state index in [2.05, 4.69) is 6.58 Å². The molecule has 0 amide bonds. The fourth-order valence-corrected chi connectivity index (χ4v) is 5.03. The Morgan fingerprint density at radius 3 is 2.07 bits per heavy atom. The Morgan fingerprint density at radius 1 is 1.07 bits per heavy atom. The average molecular weight is 388 g/mol. The van der Waals surface area contributed by atoms with E-state index in [-0.39, 0.29) is 18.5 Å². The Bertz CT molecular complexity index is 869. The standard InChI is InChI=1S/C22H29NO3S/c1-16(2)22(17(3)4)23(15-19-9-11-20(26-6)12-10-19)27(24,25)21-13-7-18(5)8-14-21/h7-14,17,22H,1,15H2,2-6H3/t22-/m1/s1. The smallest absolute Gasteiger partial charge is 0.243 e. The maximum Gasteiger partial charge on any atom is 0.243 e. The van der Waals surface area contributed by atoms with Crippen molar-refractivity contribution in [2.24, 2.45) is 5.92 Å². The molecule has 27 heavy (non-hydrogen) atoms. The van der Waals surface area contributed by atoms with Gasteiger partial charge in [0.1, 0.15) is 5.75 Å². The van der Waals surface area contributed by atoms with Crippen molar-refractivity contribution in [1.82, 2.24) is 4.31 Å². The monoisotopic (exact) mass is 387 g/mol. The summed E-state index contributed by atoms with van der Waals surface area (Å²) in [4.78, 5) is 0.300. The van der Waals surface area contributed by atoms with Crippen molar-refractivity contribution in [1.29, 1.82) is 0 Å². The van der Waals surface area contributed by atoms with Gasteiger partial charge in [-0.3, -0.25) is 0 Å². The number of hydrogen-bond donors (Lipinski definition) is 0. The molecule has 0 radical (unpaired) electrons. The molecule has 2 aromatic rings. The van der Waals surface area contributed by atoms with Gasteiger partial charge >= 0.3 is 0 Å². The van der Waals surface area contributed by atoms with Gasteiger partial charge in [0.2, 0.25) is 10.0 Å². The summed E-state index contributed by atoms with van der Waals surface area (Å²) in [5, 5.41) is 0. The molecule has 2 rings (SSSR count). The van der Waals surface area contributed by atoms with E-state index in [0.717, 1.165) is 22.4 Å². The predicted molar refractivity (Wildman–Crippen MR) is 110 cm³/mol. The molecule has 0 aliphatic heterocycles. The number of aryl methyl sites for hydroxylation is 1. The molecule has 4 nitrogen and oxygen atoms in total. The van der Waals surface area contributed by atoms with Crippen molar-refractivity contribution in [2.45, 2.75) is 45.2 Å². The van der Waals surface area contributed by atoms with Gasteiger partial charge in [-0.15, -0.1) is 0 Å². The van der Waals surface area contributed by atoms with Gasteiger partial charge in [0.25, 0.3) is 0 Å². The third kappa shape index (κ3) is 4.99. The first-order valence-corrected chi connectivity index (χ1v) is 10.5. The molecule has 146 valence electrons. The maximum atomic E-state index is 13.5. The molecular formula is C22H29NO3S. The van der Waals surface area contributed by atoms with Crippen LogP contribution in [0.1, 0.15) is 31.9 Å². The van der Waals surface area contributed by atoms with Crippen LogP contribution < -0.4 is 4.74 Å². The molecule has 5 heteroatoms. The minimum atomic E-state index is -3.68. The Morgan fingerprint density at radius 2 is 1.63 bits per heavy atom. The first kappa shape index (κ1) is 21.2. The molecule has 0 aromatic heterocycles. The minimum Gasteiger partial charge on any atom is -0.497 e. The van der Waals surface area contributed by atoms with Gasteiger partial charge in [0, 0.05) is 12.6 Å². The molecule has 1 atom stereocenters.